The lowest BCUT2D eigenvalue weighted by Crippen LogP contribution is -2.31. The molecule has 0 aromatic heterocycles. The van der Waals surface area contributed by atoms with Gasteiger partial charge in [-0.15, -0.1) is 12.4 Å². The first-order valence-electron chi connectivity index (χ1n) is 8.24. The molecule has 0 radical (unpaired) electrons. The normalized spacial score (nSPS) is 18.1. The molecule has 0 bridgehead atoms. The standard InChI is InChI=1S/C19H20N2O3.ClH/c20-15-6-3-13(4-7-15)10-19(22)21-9-1-2-16(21)14-5-8-17-18(11-14)24-12-23-17;/h3-8,11,16H,1-2,9-10,12,20H2;1H. The van der Waals surface area contributed by atoms with Gasteiger partial charge in [-0.05, 0) is 48.2 Å². The number of anilines is 1. The van der Waals surface area contributed by atoms with E-state index in [1.165, 1.54) is 0 Å². The first-order valence-corrected chi connectivity index (χ1v) is 8.24. The first kappa shape index (κ1) is 17.4. The average molecular weight is 361 g/mol. The fourth-order valence-electron chi connectivity index (χ4n) is 3.44. The molecule has 0 spiro atoms. The van der Waals surface area contributed by atoms with Gasteiger partial charge in [-0.3, -0.25) is 4.79 Å². The van der Waals surface area contributed by atoms with Gasteiger partial charge in [0, 0.05) is 12.2 Å². The maximum Gasteiger partial charge on any atom is 0.231 e. The Kier molecular flexibility index (Phi) is 5.04. The molecule has 1 unspecified atom stereocenters. The third-order valence-electron chi connectivity index (χ3n) is 4.69. The van der Waals surface area contributed by atoms with Gasteiger partial charge in [0.2, 0.25) is 12.7 Å². The van der Waals surface area contributed by atoms with E-state index in [0.29, 0.717) is 12.1 Å². The summed E-state index contributed by atoms with van der Waals surface area (Å²) in [5.41, 5.74) is 8.52. The Hall–Kier alpha value is -2.40. The molecule has 2 aliphatic rings. The monoisotopic (exact) mass is 360 g/mol. The second kappa shape index (κ2) is 7.23. The Morgan fingerprint density at radius 2 is 1.88 bits per heavy atom. The molecule has 4 rings (SSSR count). The maximum absolute atomic E-state index is 12.8. The number of ether oxygens (including phenoxy) is 2. The summed E-state index contributed by atoms with van der Waals surface area (Å²) in [6.45, 7) is 1.07. The predicted octanol–water partition coefficient (Wildman–Crippen LogP) is 3.33. The number of nitrogens with zero attached hydrogens (tertiary/aromatic N) is 1. The van der Waals surface area contributed by atoms with Gasteiger partial charge < -0.3 is 20.1 Å². The van der Waals surface area contributed by atoms with Crippen LogP contribution in [-0.4, -0.2) is 24.1 Å². The van der Waals surface area contributed by atoms with Crippen molar-refractivity contribution in [2.45, 2.75) is 25.3 Å². The molecule has 25 heavy (non-hydrogen) atoms. The number of rotatable bonds is 3. The molecule has 2 aromatic carbocycles. The molecule has 1 atom stereocenters. The van der Waals surface area contributed by atoms with Crippen LogP contribution in [0.5, 0.6) is 11.5 Å². The van der Waals surface area contributed by atoms with Crippen molar-refractivity contribution in [1.82, 2.24) is 4.90 Å². The molecule has 1 saturated heterocycles. The molecular weight excluding hydrogens is 340 g/mol. The van der Waals surface area contributed by atoms with Crippen molar-refractivity contribution >= 4 is 24.0 Å². The summed E-state index contributed by atoms with van der Waals surface area (Å²) in [5.74, 6) is 1.70. The van der Waals surface area contributed by atoms with Crippen LogP contribution >= 0.6 is 12.4 Å². The van der Waals surface area contributed by atoms with Crippen molar-refractivity contribution in [3.05, 3.63) is 53.6 Å². The molecule has 2 aliphatic heterocycles. The quantitative estimate of drug-likeness (QED) is 0.853. The number of likely N-dealkylation sites (tertiary alicyclic amines) is 1. The van der Waals surface area contributed by atoms with Crippen LogP contribution in [0, 0.1) is 0 Å². The largest absolute Gasteiger partial charge is 0.454 e. The summed E-state index contributed by atoms with van der Waals surface area (Å²) in [7, 11) is 0. The number of nitrogen functional groups attached to an aromatic ring is 1. The summed E-state index contributed by atoms with van der Waals surface area (Å²) in [5, 5.41) is 0. The molecular formula is C19H21ClN2O3. The number of hydrogen-bond acceptors (Lipinski definition) is 4. The Labute approximate surface area is 153 Å². The van der Waals surface area contributed by atoms with Crippen molar-refractivity contribution in [2.75, 3.05) is 19.1 Å². The number of hydrogen-bond donors (Lipinski definition) is 1. The zero-order chi connectivity index (χ0) is 16.5. The molecule has 1 fully saturated rings. The van der Waals surface area contributed by atoms with E-state index >= 15 is 0 Å². The second-order valence-electron chi connectivity index (χ2n) is 6.28. The van der Waals surface area contributed by atoms with Gasteiger partial charge in [-0.25, -0.2) is 0 Å². The molecule has 0 aliphatic carbocycles. The fraction of sp³-hybridized carbons (Fsp3) is 0.316. The number of carbonyl (C=O) groups is 1. The molecule has 2 heterocycles. The highest BCUT2D eigenvalue weighted by Gasteiger charge is 2.30. The highest BCUT2D eigenvalue weighted by Crippen LogP contribution is 2.39. The first-order chi connectivity index (χ1) is 11.7. The van der Waals surface area contributed by atoms with E-state index in [-0.39, 0.29) is 31.1 Å². The topological polar surface area (TPSA) is 64.8 Å². The minimum Gasteiger partial charge on any atom is -0.454 e. The molecule has 6 heteroatoms. The van der Waals surface area contributed by atoms with Crippen LogP contribution < -0.4 is 15.2 Å². The minimum atomic E-state index is 0. The van der Waals surface area contributed by atoms with Crippen LogP contribution in [0.3, 0.4) is 0 Å². The predicted molar refractivity (Wildman–Crippen MR) is 98.1 cm³/mol. The van der Waals surface area contributed by atoms with E-state index < -0.39 is 0 Å². The van der Waals surface area contributed by atoms with E-state index in [1.807, 2.05) is 47.4 Å². The number of amides is 1. The average Bonchev–Trinajstić information content (AvgIpc) is 3.25. The smallest absolute Gasteiger partial charge is 0.231 e. The Balaban J connectivity index is 0.00000182. The van der Waals surface area contributed by atoms with Crippen molar-refractivity contribution in [1.29, 1.82) is 0 Å². The summed E-state index contributed by atoms with van der Waals surface area (Å²) < 4.78 is 10.8. The van der Waals surface area contributed by atoms with Crippen LogP contribution in [0.25, 0.3) is 0 Å². The number of benzene rings is 2. The molecule has 0 saturated carbocycles. The zero-order valence-electron chi connectivity index (χ0n) is 13.8. The zero-order valence-corrected chi connectivity index (χ0v) is 14.6. The number of fused-ring (bicyclic) bond motifs is 1. The van der Waals surface area contributed by atoms with E-state index in [4.69, 9.17) is 15.2 Å². The van der Waals surface area contributed by atoms with Crippen LogP contribution in [0.1, 0.15) is 30.0 Å². The SMILES string of the molecule is Cl.Nc1ccc(CC(=O)N2CCCC2c2ccc3c(c2)OCO3)cc1. The van der Waals surface area contributed by atoms with Gasteiger partial charge in [0.15, 0.2) is 11.5 Å². The van der Waals surface area contributed by atoms with Gasteiger partial charge in [0.05, 0.1) is 12.5 Å². The lowest BCUT2D eigenvalue weighted by molar-refractivity contribution is -0.131. The fourth-order valence-corrected chi connectivity index (χ4v) is 3.44. The third-order valence-corrected chi connectivity index (χ3v) is 4.69. The van der Waals surface area contributed by atoms with E-state index in [9.17, 15) is 4.79 Å². The van der Waals surface area contributed by atoms with E-state index in [2.05, 4.69) is 0 Å². The summed E-state index contributed by atoms with van der Waals surface area (Å²) in [6, 6.07) is 13.6. The number of nitrogens with two attached hydrogens (primary N) is 1. The summed E-state index contributed by atoms with van der Waals surface area (Å²) in [4.78, 5) is 14.7. The molecule has 132 valence electrons. The van der Waals surface area contributed by atoms with Gasteiger partial charge >= 0.3 is 0 Å². The van der Waals surface area contributed by atoms with Gasteiger partial charge in [-0.2, -0.15) is 0 Å². The lowest BCUT2D eigenvalue weighted by atomic mass is 10.0. The lowest BCUT2D eigenvalue weighted by Gasteiger charge is -2.25. The Morgan fingerprint density at radius 3 is 2.68 bits per heavy atom. The highest BCUT2D eigenvalue weighted by atomic mass is 35.5. The third kappa shape index (κ3) is 3.51. The molecule has 5 nitrogen and oxygen atoms in total. The summed E-state index contributed by atoms with van der Waals surface area (Å²) in [6.07, 6.45) is 2.40. The molecule has 2 aromatic rings. The Morgan fingerprint density at radius 1 is 1.12 bits per heavy atom. The number of halogens is 1. The van der Waals surface area contributed by atoms with Crippen molar-refractivity contribution in [3.8, 4) is 11.5 Å². The summed E-state index contributed by atoms with van der Waals surface area (Å²) >= 11 is 0. The van der Waals surface area contributed by atoms with Gasteiger partial charge in [-0.1, -0.05) is 18.2 Å². The molecule has 2 N–H and O–H groups in total. The minimum absolute atomic E-state index is 0. The maximum atomic E-state index is 12.8. The van der Waals surface area contributed by atoms with E-state index in [1.54, 1.807) is 0 Å². The molecule has 1 amide bonds. The van der Waals surface area contributed by atoms with Crippen molar-refractivity contribution in [3.63, 3.8) is 0 Å². The van der Waals surface area contributed by atoms with Crippen LogP contribution in [0.4, 0.5) is 5.69 Å². The van der Waals surface area contributed by atoms with Crippen molar-refractivity contribution in [2.24, 2.45) is 0 Å². The number of carbonyl (C=O) groups excluding carboxylic acids is 1. The second-order valence-corrected chi connectivity index (χ2v) is 6.28. The van der Waals surface area contributed by atoms with Crippen LogP contribution in [-0.2, 0) is 11.2 Å². The van der Waals surface area contributed by atoms with Gasteiger partial charge in [0.1, 0.15) is 0 Å². The van der Waals surface area contributed by atoms with Crippen molar-refractivity contribution < 1.29 is 14.3 Å². The van der Waals surface area contributed by atoms with Crippen LogP contribution in [0.15, 0.2) is 42.5 Å². The Bertz CT molecular complexity index is 764. The van der Waals surface area contributed by atoms with Gasteiger partial charge in [0.25, 0.3) is 0 Å². The highest BCUT2D eigenvalue weighted by molar-refractivity contribution is 5.85. The van der Waals surface area contributed by atoms with Crippen LogP contribution in [0.2, 0.25) is 0 Å². The van der Waals surface area contributed by atoms with E-state index in [0.717, 1.165) is 42.0 Å².